The predicted molar refractivity (Wildman–Crippen MR) is 129 cm³/mol. The van der Waals surface area contributed by atoms with Crippen molar-refractivity contribution in [3.63, 3.8) is 0 Å². The van der Waals surface area contributed by atoms with E-state index >= 15 is 0 Å². The summed E-state index contributed by atoms with van der Waals surface area (Å²) in [6.07, 6.45) is 5.86. The van der Waals surface area contributed by atoms with Crippen molar-refractivity contribution < 1.29 is 4.74 Å². The van der Waals surface area contributed by atoms with Crippen LogP contribution in [0.1, 0.15) is 37.2 Å². The third-order valence-electron chi connectivity index (χ3n) is 5.44. The van der Waals surface area contributed by atoms with Gasteiger partial charge in [0.25, 0.3) is 5.56 Å². The summed E-state index contributed by atoms with van der Waals surface area (Å²) in [6.45, 7) is 2.05. The van der Waals surface area contributed by atoms with Crippen molar-refractivity contribution in [1.82, 2.24) is 24.5 Å². The SMILES string of the molecule is CCc1nc2cccc(-c3ccnc(OC)c3)c2c(=O)n1C1CC1.N#Cc1cnc(N)nc1N. The molecule has 1 aromatic carbocycles. The number of methoxy groups -OCH3 is 1. The molecule has 172 valence electrons. The number of aryl methyl sites for hydroxylation is 1. The van der Waals surface area contributed by atoms with E-state index in [0.29, 0.717) is 17.3 Å². The molecule has 4 aromatic rings. The van der Waals surface area contributed by atoms with Gasteiger partial charge < -0.3 is 16.2 Å². The number of fused-ring (bicyclic) bond motifs is 1. The topological polar surface area (TPSA) is 159 Å². The lowest BCUT2D eigenvalue weighted by atomic mass is 10.0. The van der Waals surface area contributed by atoms with Crippen LogP contribution in [0.2, 0.25) is 0 Å². The van der Waals surface area contributed by atoms with Crippen LogP contribution < -0.4 is 21.8 Å². The Balaban J connectivity index is 0.000000231. The maximum Gasteiger partial charge on any atom is 0.262 e. The van der Waals surface area contributed by atoms with Crippen LogP contribution >= 0.6 is 0 Å². The van der Waals surface area contributed by atoms with Crippen LogP contribution in [-0.2, 0) is 6.42 Å². The Morgan fingerprint density at radius 2 is 2.00 bits per heavy atom. The number of benzene rings is 1. The minimum Gasteiger partial charge on any atom is -0.481 e. The first-order chi connectivity index (χ1) is 16.5. The van der Waals surface area contributed by atoms with Gasteiger partial charge in [-0.1, -0.05) is 19.1 Å². The summed E-state index contributed by atoms with van der Waals surface area (Å²) in [5.41, 5.74) is 13.3. The van der Waals surface area contributed by atoms with Crippen molar-refractivity contribution in [2.24, 2.45) is 0 Å². The number of aromatic nitrogens is 5. The van der Waals surface area contributed by atoms with E-state index in [1.54, 1.807) is 13.3 Å². The van der Waals surface area contributed by atoms with Crippen molar-refractivity contribution in [2.45, 2.75) is 32.2 Å². The summed E-state index contributed by atoms with van der Waals surface area (Å²) in [5.74, 6) is 1.61. The van der Waals surface area contributed by atoms with Gasteiger partial charge in [0.1, 0.15) is 23.3 Å². The van der Waals surface area contributed by atoms with Crippen LogP contribution in [-0.4, -0.2) is 31.6 Å². The first-order valence-corrected chi connectivity index (χ1v) is 10.8. The van der Waals surface area contributed by atoms with Crippen LogP contribution in [0.15, 0.2) is 47.5 Å². The fourth-order valence-electron chi connectivity index (χ4n) is 3.67. The largest absolute Gasteiger partial charge is 0.481 e. The zero-order valence-electron chi connectivity index (χ0n) is 18.9. The summed E-state index contributed by atoms with van der Waals surface area (Å²) in [7, 11) is 1.59. The average molecular weight is 457 g/mol. The Morgan fingerprint density at radius 1 is 1.21 bits per heavy atom. The number of nitrogen functional groups attached to an aromatic ring is 2. The molecular formula is C24H24N8O2. The summed E-state index contributed by atoms with van der Waals surface area (Å²) in [5, 5.41) is 9.03. The number of nitrogens with two attached hydrogens (primary N) is 2. The molecule has 0 atom stereocenters. The Morgan fingerprint density at radius 3 is 2.65 bits per heavy atom. The molecule has 0 aliphatic heterocycles. The molecule has 1 fully saturated rings. The lowest BCUT2D eigenvalue weighted by molar-refractivity contribution is 0.398. The minimum atomic E-state index is 0.0609. The highest BCUT2D eigenvalue weighted by atomic mass is 16.5. The van der Waals surface area contributed by atoms with Gasteiger partial charge in [0.05, 0.1) is 24.2 Å². The van der Waals surface area contributed by atoms with Gasteiger partial charge in [0.2, 0.25) is 11.8 Å². The molecule has 34 heavy (non-hydrogen) atoms. The summed E-state index contributed by atoms with van der Waals surface area (Å²) in [4.78, 5) is 29.3. The molecule has 0 spiro atoms. The van der Waals surface area contributed by atoms with E-state index < -0.39 is 0 Å². The maximum atomic E-state index is 13.2. The number of hydrogen-bond acceptors (Lipinski definition) is 9. The number of hydrogen-bond donors (Lipinski definition) is 2. The Hall–Kier alpha value is -4.52. The average Bonchev–Trinajstić information content (AvgIpc) is 3.69. The molecule has 1 aliphatic rings. The fourth-order valence-corrected chi connectivity index (χ4v) is 3.67. The van der Waals surface area contributed by atoms with Gasteiger partial charge in [-0.3, -0.25) is 9.36 Å². The number of rotatable bonds is 4. The molecule has 0 saturated heterocycles. The molecule has 4 N–H and O–H groups in total. The monoisotopic (exact) mass is 456 g/mol. The van der Waals surface area contributed by atoms with E-state index in [1.165, 1.54) is 6.20 Å². The number of pyridine rings is 1. The molecule has 10 heteroatoms. The molecule has 0 amide bonds. The predicted octanol–water partition coefficient (Wildman–Crippen LogP) is 2.88. The second-order valence-electron chi connectivity index (χ2n) is 7.71. The summed E-state index contributed by atoms with van der Waals surface area (Å²) < 4.78 is 7.11. The van der Waals surface area contributed by atoms with E-state index in [4.69, 9.17) is 26.5 Å². The summed E-state index contributed by atoms with van der Waals surface area (Å²) in [6, 6.07) is 11.7. The first-order valence-electron chi connectivity index (χ1n) is 10.8. The van der Waals surface area contributed by atoms with Crippen molar-refractivity contribution in [3.8, 4) is 23.1 Å². The third-order valence-corrected chi connectivity index (χ3v) is 5.44. The molecule has 3 heterocycles. The zero-order chi connectivity index (χ0) is 24.2. The third kappa shape index (κ3) is 4.49. The van der Waals surface area contributed by atoms with Crippen LogP contribution in [0.4, 0.5) is 11.8 Å². The normalized spacial score (nSPS) is 12.5. The fraction of sp³-hybridized carbons (Fsp3) is 0.250. The van der Waals surface area contributed by atoms with E-state index in [-0.39, 0.29) is 22.9 Å². The smallest absolute Gasteiger partial charge is 0.262 e. The highest BCUT2D eigenvalue weighted by Crippen LogP contribution is 2.36. The van der Waals surface area contributed by atoms with Gasteiger partial charge in [0.15, 0.2) is 0 Å². The number of nitriles is 1. The highest BCUT2D eigenvalue weighted by Gasteiger charge is 2.28. The molecule has 1 saturated carbocycles. The van der Waals surface area contributed by atoms with Crippen molar-refractivity contribution in [1.29, 1.82) is 5.26 Å². The van der Waals surface area contributed by atoms with Crippen molar-refractivity contribution >= 4 is 22.7 Å². The second-order valence-corrected chi connectivity index (χ2v) is 7.71. The Labute approximate surface area is 195 Å². The van der Waals surface area contributed by atoms with Crippen LogP contribution in [0.3, 0.4) is 0 Å². The van der Waals surface area contributed by atoms with Crippen LogP contribution in [0.5, 0.6) is 5.88 Å². The molecule has 0 bridgehead atoms. The number of nitrogens with zero attached hydrogens (tertiary/aromatic N) is 6. The zero-order valence-corrected chi connectivity index (χ0v) is 18.9. The lowest BCUT2D eigenvalue weighted by Crippen LogP contribution is -2.24. The van der Waals surface area contributed by atoms with E-state index in [1.807, 2.05) is 47.9 Å². The Bertz CT molecular complexity index is 1450. The van der Waals surface area contributed by atoms with Crippen LogP contribution in [0, 0.1) is 11.3 Å². The van der Waals surface area contributed by atoms with Crippen LogP contribution in [0.25, 0.3) is 22.0 Å². The van der Waals surface area contributed by atoms with Gasteiger partial charge in [-0.15, -0.1) is 0 Å². The minimum absolute atomic E-state index is 0.0609. The van der Waals surface area contributed by atoms with E-state index in [9.17, 15) is 4.79 Å². The van der Waals surface area contributed by atoms with E-state index in [0.717, 1.165) is 41.7 Å². The summed E-state index contributed by atoms with van der Waals surface area (Å²) >= 11 is 0. The highest BCUT2D eigenvalue weighted by molar-refractivity contribution is 5.94. The van der Waals surface area contributed by atoms with E-state index in [2.05, 4.69) is 15.0 Å². The van der Waals surface area contributed by atoms with Gasteiger partial charge in [-0.25, -0.2) is 15.0 Å². The van der Waals surface area contributed by atoms with Gasteiger partial charge in [0, 0.05) is 24.7 Å². The van der Waals surface area contributed by atoms with Crippen molar-refractivity contribution in [2.75, 3.05) is 18.6 Å². The molecule has 1 aliphatic carbocycles. The molecule has 0 radical (unpaired) electrons. The van der Waals surface area contributed by atoms with Gasteiger partial charge >= 0.3 is 0 Å². The molecule has 3 aromatic heterocycles. The quantitative estimate of drug-likeness (QED) is 0.471. The molecular weight excluding hydrogens is 432 g/mol. The Kier molecular flexibility index (Phi) is 6.36. The molecule has 0 unspecified atom stereocenters. The molecule has 10 nitrogen and oxygen atoms in total. The maximum absolute atomic E-state index is 13.2. The van der Waals surface area contributed by atoms with Gasteiger partial charge in [-0.05, 0) is 36.1 Å². The standard InChI is InChI=1S/C19H19N3O2.C5H5N5/c1-3-16-21-15-6-4-5-14(12-9-10-20-17(11-12)24-2)18(15)19(23)22(16)13-7-8-13;6-1-3-2-9-5(8)10-4(3)7/h4-6,9-11,13H,3,7-8H2,1-2H3;2H,(H4,7,8,9,10). The number of anilines is 2. The van der Waals surface area contributed by atoms with Crippen molar-refractivity contribution in [3.05, 3.63) is 64.5 Å². The lowest BCUT2D eigenvalue weighted by Gasteiger charge is -2.14. The van der Waals surface area contributed by atoms with Gasteiger partial charge in [-0.2, -0.15) is 10.2 Å². The number of ether oxygens (including phenoxy) is 1. The second kappa shape index (κ2) is 9.54. The molecule has 5 rings (SSSR count). The first kappa shape index (κ1) is 22.7.